The van der Waals surface area contributed by atoms with Gasteiger partial charge in [0.25, 0.3) is 5.91 Å². The third kappa shape index (κ3) is 5.19. The molecule has 0 saturated carbocycles. The van der Waals surface area contributed by atoms with Crippen molar-refractivity contribution in [2.24, 2.45) is 0 Å². The molecule has 0 spiro atoms. The Bertz CT molecular complexity index is 837. The van der Waals surface area contributed by atoms with E-state index in [4.69, 9.17) is 23.2 Å². The summed E-state index contributed by atoms with van der Waals surface area (Å²) in [4.78, 5) is 28.4. The van der Waals surface area contributed by atoms with E-state index in [9.17, 15) is 14.0 Å². The summed E-state index contributed by atoms with van der Waals surface area (Å²) in [5.74, 6) is -0.789. The van der Waals surface area contributed by atoms with Gasteiger partial charge in [0.1, 0.15) is 5.82 Å². The minimum atomic E-state index is -0.531. The number of amides is 2. The molecule has 2 aromatic carbocycles. The smallest absolute Gasteiger partial charge is 0.253 e. The fourth-order valence-corrected chi connectivity index (χ4v) is 3.17. The molecule has 1 saturated heterocycles. The van der Waals surface area contributed by atoms with Crippen LogP contribution in [0.2, 0.25) is 10.0 Å². The summed E-state index contributed by atoms with van der Waals surface area (Å²) in [5, 5.41) is 3.25. The maximum atomic E-state index is 13.2. The van der Waals surface area contributed by atoms with Crippen molar-refractivity contribution < 1.29 is 14.0 Å². The van der Waals surface area contributed by atoms with Crippen molar-refractivity contribution in [3.05, 3.63) is 63.9 Å². The number of nitrogens with one attached hydrogen (secondary N) is 1. The Morgan fingerprint density at radius 3 is 2.30 bits per heavy atom. The molecule has 142 valence electrons. The van der Waals surface area contributed by atoms with E-state index in [0.29, 0.717) is 42.5 Å². The number of benzene rings is 2. The maximum absolute atomic E-state index is 13.2. The van der Waals surface area contributed by atoms with Gasteiger partial charge in [-0.3, -0.25) is 14.5 Å². The first-order chi connectivity index (χ1) is 12.9. The van der Waals surface area contributed by atoms with E-state index in [-0.39, 0.29) is 23.4 Å². The molecule has 1 heterocycles. The molecule has 1 fully saturated rings. The zero-order chi connectivity index (χ0) is 19.4. The lowest BCUT2D eigenvalue weighted by molar-refractivity contribution is -0.117. The van der Waals surface area contributed by atoms with Gasteiger partial charge in [0.05, 0.1) is 11.6 Å². The van der Waals surface area contributed by atoms with Crippen LogP contribution < -0.4 is 5.32 Å². The number of carbonyl (C=O) groups excluding carboxylic acids is 2. The highest BCUT2D eigenvalue weighted by Crippen LogP contribution is 2.19. The zero-order valence-electron chi connectivity index (χ0n) is 14.4. The van der Waals surface area contributed by atoms with Gasteiger partial charge in [-0.05, 0) is 42.5 Å². The van der Waals surface area contributed by atoms with Crippen molar-refractivity contribution in [1.82, 2.24) is 9.80 Å². The van der Waals surface area contributed by atoms with Gasteiger partial charge < -0.3 is 10.2 Å². The Morgan fingerprint density at radius 1 is 1.00 bits per heavy atom. The van der Waals surface area contributed by atoms with E-state index in [1.165, 1.54) is 18.2 Å². The molecule has 1 N–H and O–H groups in total. The Labute approximate surface area is 166 Å². The van der Waals surface area contributed by atoms with Gasteiger partial charge >= 0.3 is 0 Å². The maximum Gasteiger partial charge on any atom is 0.253 e. The van der Waals surface area contributed by atoms with Crippen LogP contribution in [-0.4, -0.2) is 54.3 Å². The quantitative estimate of drug-likeness (QED) is 0.839. The first kappa shape index (κ1) is 19.6. The number of nitrogens with zero attached hydrogens (tertiary/aromatic N) is 2. The van der Waals surface area contributed by atoms with E-state index < -0.39 is 5.82 Å². The highest BCUT2D eigenvalue weighted by atomic mass is 35.5. The summed E-state index contributed by atoms with van der Waals surface area (Å²) >= 11 is 11.6. The molecule has 0 bridgehead atoms. The SMILES string of the molecule is O=C(CN1CCN(C(=O)c2ccc(Cl)cc2)CC1)Nc1ccc(F)c(Cl)c1. The molecule has 5 nitrogen and oxygen atoms in total. The molecule has 2 aromatic rings. The van der Waals surface area contributed by atoms with Crippen molar-refractivity contribution in [2.45, 2.75) is 0 Å². The molecule has 0 aliphatic carbocycles. The number of rotatable bonds is 4. The van der Waals surface area contributed by atoms with Crippen LogP contribution in [0.1, 0.15) is 10.4 Å². The molecule has 1 aliphatic rings. The lowest BCUT2D eigenvalue weighted by Crippen LogP contribution is -2.50. The van der Waals surface area contributed by atoms with Gasteiger partial charge in [0.2, 0.25) is 5.91 Å². The monoisotopic (exact) mass is 409 g/mol. The van der Waals surface area contributed by atoms with Gasteiger partial charge in [-0.2, -0.15) is 0 Å². The standard InChI is InChI=1S/C19H18Cl2FN3O2/c20-14-3-1-13(2-4-14)19(27)25-9-7-24(8-10-25)12-18(26)23-15-5-6-17(22)16(21)11-15/h1-6,11H,7-10,12H2,(H,23,26). The second kappa shape index (κ2) is 8.69. The van der Waals surface area contributed by atoms with Crippen molar-refractivity contribution in [2.75, 3.05) is 38.0 Å². The first-order valence-corrected chi connectivity index (χ1v) is 9.20. The average Bonchev–Trinajstić information content (AvgIpc) is 2.65. The summed E-state index contributed by atoms with van der Waals surface area (Å²) in [6.07, 6.45) is 0. The fraction of sp³-hybridized carbons (Fsp3) is 0.263. The molecule has 0 atom stereocenters. The van der Waals surface area contributed by atoms with Gasteiger partial charge in [0, 0.05) is 42.5 Å². The first-order valence-electron chi connectivity index (χ1n) is 8.44. The number of hydrogen-bond acceptors (Lipinski definition) is 3. The van der Waals surface area contributed by atoms with E-state index in [1.807, 2.05) is 4.90 Å². The van der Waals surface area contributed by atoms with Crippen LogP contribution >= 0.6 is 23.2 Å². The Hall–Kier alpha value is -2.15. The Morgan fingerprint density at radius 2 is 1.67 bits per heavy atom. The molecule has 0 aromatic heterocycles. The molecular weight excluding hydrogens is 392 g/mol. The number of halogens is 3. The molecule has 2 amide bonds. The molecule has 27 heavy (non-hydrogen) atoms. The number of piperazine rings is 1. The third-order valence-corrected chi connectivity index (χ3v) is 4.86. The van der Waals surface area contributed by atoms with E-state index in [0.717, 1.165) is 0 Å². The van der Waals surface area contributed by atoms with Crippen molar-refractivity contribution in [3.63, 3.8) is 0 Å². The highest BCUT2D eigenvalue weighted by Gasteiger charge is 2.23. The predicted octanol–water partition coefficient (Wildman–Crippen LogP) is 3.53. The summed E-state index contributed by atoms with van der Waals surface area (Å²) in [5.41, 5.74) is 1.04. The van der Waals surface area contributed by atoms with Crippen molar-refractivity contribution >= 4 is 40.7 Å². The summed E-state index contributed by atoms with van der Waals surface area (Å²) in [6, 6.07) is 10.8. The largest absolute Gasteiger partial charge is 0.336 e. The molecule has 3 rings (SSSR count). The second-order valence-electron chi connectivity index (χ2n) is 6.25. The molecule has 8 heteroatoms. The fourth-order valence-electron chi connectivity index (χ4n) is 2.86. The van der Waals surface area contributed by atoms with Crippen molar-refractivity contribution in [3.8, 4) is 0 Å². The molecule has 1 aliphatic heterocycles. The molecule has 0 radical (unpaired) electrons. The topological polar surface area (TPSA) is 52.7 Å². The summed E-state index contributed by atoms with van der Waals surface area (Å²) < 4.78 is 13.2. The number of carbonyl (C=O) groups is 2. The minimum Gasteiger partial charge on any atom is -0.336 e. The molecule has 0 unspecified atom stereocenters. The number of anilines is 1. The molecular formula is C19H18Cl2FN3O2. The van der Waals surface area contributed by atoms with Gasteiger partial charge in [0.15, 0.2) is 0 Å². The van der Waals surface area contributed by atoms with Crippen LogP contribution in [-0.2, 0) is 4.79 Å². The number of hydrogen-bond donors (Lipinski definition) is 1. The normalized spacial score (nSPS) is 14.9. The lowest BCUT2D eigenvalue weighted by Gasteiger charge is -2.34. The van der Waals surface area contributed by atoms with E-state index >= 15 is 0 Å². The zero-order valence-corrected chi connectivity index (χ0v) is 15.9. The van der Waals surface area contributed by atoms with Crippen LogP contribution in [0.25, 0.3) is 0 Å². The van der Waals surface area contributed by atoms with Crippen LogP contribution in [0.15, 0.2) is 42.5 Å². The van der Waals surface area contributed by atoms with Crippen LogP contribution in [0, 0.1) is 5.82 Å². The van der Waals surface area contributed by atoms with Crippen molar-refractivity contribution in [1.29, 1.82) is 0 Å². The van der Waals surface area contributed by atoms with Gasteiger partial charge in [-0.25, -0.2) is 4.39 Å². The summed E-state index contributed by atoms with van der Waals surface area (Å²) in [6.45, 7) is 2.46. The third-order valence-electron chi connectivity index (χ3n) is 4.32. The summed E-state index contributed by atoms with van der Waals surface area (Å²) in [7, 11) is 0. The highest BCUT2D eigenvalue weighted by molar-refractivity contribution is 6.31. The average molecular weight is 410 g/mol. The van der Waals surface area contributed by atoms with Gasteiger partial charge in [-0.1, -0.05) is 23.2 Å². The predicted molar refractivity (Wildman–Crippen MR) is 104 cm³/mol. The van der Waals surface area contributed by atoms with Gasteiger partial charge in [-0.15, -0.1) is 0 Å². The van der Waals surface area contributed by atoms with E-state index in [2.05, 4.69) is 5.32 Å². The van der Waals surface area contributed by atoms with E-state index in [1.54, 1.807) is 29.2 Å². The lowest BCUT2D eigenvalue weighted by atomic mass is 10.2. The Balaban J connectivity index is 1.48. The van der Waals surface area contributed by atoms with Crippen LogP contribution in [0.4, 0.5) is 10.1 Å². The van der Waals surface area contributed by atoms with Crippen LogP contribution in [0.3, 0.4) is 0 Å². The van der Waals surface area contributed by atoms with Crippen LogP contribution in [0.5, 0.6) is 0 Å². The second-order valence-corrected chi connectivity index (χ2v) is 7.10. The minimum absolute atomic E-state index is 0.0397. The Kier molecular flexibility index (Phi) is 6.31.